The number of benzene rings is 1. The number of aromatic nitrogens is 2. The lowest BCUT2D eigenvalue weighted by molar-refractivity contribution is 0.0992. The number of ketones is 1. The van der Waals surface area contributed by atoms with Crippen LogP contribution < -0.4 is 9.64 Å². The number of ether oxygens (including phenoxy) is 1. The number of alkyl halides is 1. The van der Waals surface area contributed by atoms with Crippen molar-refractivity contribution >= 4 is 27.5 Å². The summed E-state index contributed by atoms with van der Waals surface area (Å²) in [6, 6.07) is 7.95. The lowest BCUT2D eigenvalue weighted by Crippen LogP contribution is -2.24. The van der Waals surface area contributed by atoms with E-state index in [9.17, 15) is 4.79 Å². The topological polar surface area (TPSA) is 58.2 Å². The number of carbonyl (C=O) groups is 1. The van der Waals surface area contributed by atoms with Crippen LogP contribution in [0.4, 0.5) is 5.82 Å². The first-order valence-electron chi connectivity index (χ1n) is 6.78. The van der Waals surface area contributed by atoms with Gasteiger partial charge >= 0.3 is 0 Å². The molecule has 0 radical (unpaired) electrons. The van der Waals surface area contributed by atoms with E-state index in [4.69, 9.17) is 4.74 Å². The van der Waals surface area contributed by atoms with Crippen LogP contribution in [0.3, 0.4) is 0 Å². The number of H-pyrrole nitrogens is 1. The Bertz CT molecular complexity index is 656. The maximum absolute atomic E-state index is 12.2. The first kappa shape index (κ1) is 14.1. The molecule has 0 bridgehead atoms. The number of rotatable bonds is 3. The maximum atomic E-state index is 12.2. The molecule has 1 aromatic carbocycles. The van der Waals surface area contributed by atoms with Gasteiger partial charge in [-0.05, 0) is 24.1 Å². The predicted octanol–water partition coefficient (Wildman–Crippen LogP) is 2.77. The molecule has 1 aromatic heterocycles. The van der Waals surface area contributed by atoms with Gasteiger partial charge in [-0.25, -0.2) is 0 Å². The van der Waals surface area contributed by atoms with E-state index in [-0.39, 0.29) is 10.6 Å². The molecule has 1 atom stereocenters. The molecule has 0 saturated carbocycles. The average Bonchev–Trinajstić information content (AvgIpc) is 2.96. The number of aromatic amines is 1. The lowest BCUT2D eigenvalue weighted by atomic mass is 10.1. The van der Waals surface area contributed by atoms with Gasteiger partial charge in [-0.15, -0.1) is 0 Å². The van der Waals surface area contributed by atoms with Crippen LogP contribution in [-0.4, -0.2) is 34.5 Å². The molecule has 6 heteroatoms. The second kappa shape index (κ2) is 5.89. The molecule has 0 fully saturated rings. The normalized spacial score (nSPS) is 18.3. The summed E-state index contributed by atoms with van der Waals surface area (Å²) in [5, 5.41) is 6.97. The van der Waals surface area contributed by atoms with E-state index >= 15 is 0 Å². The zero-order valence-corrected chi connectivity index (χ0v) is 13.3. The van der Waals surface area contributed by atoms with Gasteiger partial charge in [0.25, 0.3) is 0 Å². The van der Waals surface area contributed by atoms with E-state index in [1.54, 1.807) is 13.3 Å². The molecular formula is C15H16BrN3O2. The van der Waals surface area contributed by atoms with E-state index in [0.717, 1.165) is 30.1 Å². The summed E-state index contributed by atoms with van der Waals surface area (Å²) >= 11 is 3.46. The third-order valence-electron chi connectivity index (χ3n) is 3.65. The predicted molar refractivity (Wildman–Crippen MR) is 84.3 cm³/mol. The summed E-state index contributed by atoms with van der Waals surface area (Å²) in [6.45, 7) is 1.49. The van der Waals surface area contributed by atoms with Crippen LogP contribution in [0.25, 0.3) is 0 Å². The van der Waals surface area contributed by atoms with Gasteiger partial charge in [0, 0.05) is 13.1 Å². The van der Waals surface area contributed by atoms with Gasteiger partial charge in [-0.3, -0.25) is 9.89 Å². The monoisotopic (exact) mass is 349 g/mol. The van der Waals surface area contributed by atoms with E-state index in [1.165, 1.54) is 0 Å². The molecule has 2 heterocycles. The summed E-state index contributed by atoms with van der Waals surface area (Å²) in [5.41, 5.74) is 1.78. The van der Waals surface area contributed by atoms with Crippen molar-refractivity contribution in [1.29, 1.82) is 0 Å². The fraction of sp³-hybridized carbons (Fsp3) is 0.333. The Labute approximate surface area is 131 Å². The average molecular weight is 350 g/mol. The first-order valence-corrected chi connectivity index (χ1v) is 7.70. The largest absolute Gasteiger partial charge is 0.497 e. The van der Waals surface area contributed by atoms with Crippen LogP contribution in [0, 0.1) is 0 Å². The Kier molecular flexibility index (Phi) is 3.96. The van der Waals surface area contributed by atoms with Gasteiger partial charge in [-0.1, -0.05) is 28.1 Å². The number of nitrogens with zero attached hydrogens (tertiary/aromatic N) is 2. The zero-order valence-electron chi connectivity index (χ0n) is 11.7. The molecule has 1 aliphatic rings. The highest BCUT2D eigenvalue weighted by Gasteiger charge is 2.28. The van der Waals surface area contributed by atoms with Gasteiger partial charge < -0.3 is 9.64 Å². The van der Waals surface area contributed by atoms with Crippen LogP contribution in [0.2, 0.25) is 0 Å². The Morgan fingerprint density at radius 3 is 3.19 bits per heavy atom. The zero-order chi connectivity index (χ0) is 14.8. The second-order valence-electron chi connectivity index (χ2n) is 5.03. The van der Waals surface area contributed by atoms with Crippen LogP contribution in [-0.2, 0) is 6.54 Å². The number of hydrogen-bond donors (Lipinski definition) is 1. The molecule has 0 saturated heterocycles. The van der Waals surface area contributed by atoms with Crippen molar-refractivity contribution in [3.63, 3.8) is 0 Å². The van der Waals surface area contributed by atoms with Crippen molar-refractivity contribution in [2.45, 2.75) is 17.8 Å². The molecule has 1 aliphatic heterocycles. The smallest absolute Gasteiger partial charge is 0.181 e. The number of anilines is 1. The number of Topliss-reactive ketones (excluding diaryl/α,β-unsaturated/α-hetero) is 1. The molecule has 0 aliphatic carbocycles. The lowest BCUT2D eigenvalue weighted by Gasteiger charge is -2.22. The Balaban J connectivity index is 1.89. The minimum absolute atomic E-state index is 0.0897. The van der Waals surface area contributed by atoms with Crippen molar-refractivity contribution in [3.05, 3.63) is 41.6 Å². The molecule has 21 heavy (non-hydrogen) atoms. The standard InChI is InChI=1S/C15H16BrN3O2/c1-21-11-4-2-3-10(7-11)9-19-6-5-13(16)14(20)12-8-17-18-15(12)19/h2-4,7-8,13H,5-6,9H2,1H3,(H,17,18). The number of halogens is 1. The van der Waals surface area contributed by atoms with E-state index in [0.29, 0.717) is 12.1 Å². The molecule has 2 aromatic rings. The van der Waals surface area contributed by atoms with Gasteiger partial charge in [0.15, 0.2) is 5.78 Å². The highest BCUT2D eigenvalue weighted by molar-refractivity contribution is 9.10. The fourth-order valence-corrected chi connectivity index (χ4v) is 2.98. The van der Waals surface area contributed by atoms with Crippen molar-refractivity contribution in [2.24, 2.45) is 0 Å². The minimum Gasteiger partial charge on any atom is -0.497 e. The van der Waals surface area contributed by atoms with Crippen molar-refractivity contribution in [1.82, 2.24) is 10.2 Å². The van der Waals surface area contributed by atoms with Crippen molar-refractivity contribution in [3.8, 4) is 5.75 Å². The Hall–Kier alpha value is -1.82. The third kappa shape index (κ3) is 2.81. The van der Waals surface area contributed by atoms with E-state index in [2.05, 4.69) is 37.1 Å². The summed E-state index contributed by atoms with van der Waals surface area (Å²) in [7, 11) is 1.66. The Morgan fingerprint density at radius 1 is 1.52 bits per heavy atom. The molecular weight excluding hydrogens is 334 g/mol. The molecule has 110 valence electrons. The highest BCUT2D eigenvalue weighted by Crippen LogP contribution is 2.28. The van der Waals surface area contributed by atoms with Crippen molar-refractivity contribution in [2.75, 3.05) is 18.6 Å². The molecule has 0 amide bonds. The number of methoxy groups -OCH3 is 1. The number of carbonyl (C=O) groups excluding carboxylic acids is 1. The molecule has 1 unspecified atom stereocenters. The maximum Gasteiger partial charge on any atom is 0.181 e. The molecule has 5 nitrogen and oxygen atoms in total. The minimum atomic E-state index is -0.149. The van der Waals surface area contributed by atoms with Gasteiger partial charge in [0.1, 0.15) is 11.6 Å². The van der Waals surface area contributed by atoms with Gasteiger partial charge in [-0.2, -0.15) is 5.10 Å². The SMILES string of the molecule is COc1cccc(CN2CCC(Br)C(=O)c3cn[nH]c32)c1. The summed E-state index contributed by atoms with van der Waals surface area (Å²) in [4.78, 5) is 14.2. The van der Waals surface area contributed by atoms with Crippen LogP contribution in [0.5, 0.6) is 5.75 Å². The van der Waals surface area contributed by atoms with Crippen LogP contribution >= 0.6 is 15.9 Å². The molecule has 3 rings (SSSR count). The number of hydrogen-bond acceptors (Lipinski definition) is 4. The van der Waals surface area contributed by atoms with Crippen LogP contribution in [0.15, 0.2) is 30.5 Å². The first-order chi connectivity index (χ1) is 10.2. The Morgan fingerprint density at radius 2 is 2.38 bits per heavy atom. The number of nitrogens with one attached hydrogen (secondary N) is 1. The fourth-order valence-electron chi connectivity index (χ4n) is 2.53. The quantitative estimate of drug-likeness (QED) is 0.865. The van der Waals surface area contributed by atoms with Gasteiger partial charge in [0.05, 0.1) is 23.7 Å². The van der Waals surface area contributed by atoms with Crippen molar-refractivity contribution < 1.29 is 9.53 Å². The highest BCUT2D eigenvalue weighted by atomic mass is 79.9. The van der Waals surface area contributed by atoms with Crippen LogP contribution in [0.1, 0.15) is 22.3 Å². The molecule has 1 N–H and O–H groups in total. The summed E-state index contributed by atoms with van der Waals surface area (Å²) < 4.78 is 5.26. The second-order valence-corrected chi connectivity index (χ2v) is 6.13. The number of fused-ring (bicyclic) bond motifs is 1. The van der Waals surface area contributed by atoms with E-state index < -0.39 is 0 Å². The van der Waals surface area contributed by atoms with Gasteiger partial charge in [0.2, 0.25) is 0 Å². The summed E-state index contributed by atoms with van der Waals surface area (Å²) in [5.74, 6) is 1.72. The molecule has 0 spiro atoms. The third-order valence-corrected chi connectivity index (χ3v) is 4.52. The van der Waals surface area contributed by atoms with E-state index in [1.807, 2.05) is 18.2 Å². The summed E-state index contributed by atoms with van der Waals surface area (Å²) in [6.07, 6.45) is 2.38.